The fourth-order valence-electron chi connectivity index (χ4n) is 1.25. The van der Waals surface area contributed by atoms with Crippen molar-refractivity contribution in [1.29, 1.82) is 0 Å². The highest BCUT2D eigenvalue weighted by atomic mass is 32.2. The number of nitrogens with two attached hydrogens (primary N) is 1. The van der Waals surface area contributed by atoms with E-state index in [1.807, 2.05) is 0 Å². The summed E-state index contributed by atoms with van der Waals surface area (Å²) < 4.78 is 27.2. The van der Waals surface area contributed by atoms with Crippen LogP contribution in [0.15, 0.2) is 11.5 Å². The van der Waals surface area contributed by atoms with E-state index >= 15 is 0 Å². The first kappa shape index (κ1) is 16.1. The molecule has 0 unspecified atom stereocenters. The smallest absolute Gasteiger partial charge is 0.301 e. The van der Waals surface area contributed by atoms with E-state index in [9.17, 15) is 13.2 Å². The Balaban J connectivity index is 3.74. The van der Waals surface area contributed by atoms with Crippen molar-refractivity contribution in [2.45, 2.75) is 45.4 Å². The molecule has 2 N–H and O–H groups in total. The second-order valence-electron chi connectivity index (χ2n) is 3.83. The minimum Gasteiger partial charge on any atom is -0.365 e. The van der Waals surface area contributed by atoms with Crippen molar-refractivity contribution >= 4 is 16.0 Å². The molecule has 0 heterocycles. The van der Waals surface area contributed by atoms with Gasteiger partial charge in [-0.2, -0.15) is 8.42 Å². The van der Waals surface area contributed by atoms with E-state index in [4.69, 9.17) is 5.73 Å². The minimum atomic E-state index is -4.03. The Kier molecular flexibility index (Phi) is 7.82. The Labute approximate surface area is 103 Å². The third kappa shape index (κ3) is 7.12. The molecule has 0 saturated heterocycles. The van der Waals surface area contributed by atoms with Gasteiger partial charge in [-0.15, -0.1) is 0 Å². The van der Waals surface area contributed by atoms with Crippen LogP contribution in [0.2, 0.25) is 0 Å². The summed E-state index contributed by atoms with van der Waals surface area (Å²) >= 11 is 0. The third-order valence-electron chi connectivity index (χ3n) is 2.31. The molecule has 100 valence electrons. The molecule has 0 aromatic carbocycles. The fraction of sp³-hybridized carbons (Fsp3) is 0.727. The molecule has 0 aliphatic rings. The van der Waals surface area contributed by atoms with Crippen molar-refractivity contribution < 1.29 is 17.4 Å². The van der Waals surface area contributed by atoms with Gasteiger partial charge >= 0.3 is 10.1 Å². The lowest BCUT2D eigenvalue weighted by Gasteiger charge is -2.05. The topological polar surface area (TPSA) is 86.5 Å². The van der Waals surface area contributed by atoms with Crippen molar-refractivity contribution in [3.05, 3.63) is 11.5 Å². The summed E-state index contributed by atoms with van der Waals surface area (Å²) in [4.78, 5) is 9.93. The van der Waals surface area contributed by atoms with Crippen molar-refractivity contribution in [3.63, 3.8) is 0 Å². The first-order valence-corrected chi connectivity index (χ1v) is 7.20. The van der Waals surface area contributed by atoms with Crippen molar-refractivity contribution in [2.24, 2.45) is 5.73 Å². The van der Waals surface area contributed by atoms with Gasteiger partial charge in [0.05, 0.1) is 6.61 Å². The predicted molar refractivity (Wildman–Crippen MR) is 66.6 cm³/mol. The lowest BCUT2D eigenvalue weighted by molar-refractivity contribution is -0.114. The molecule has 1 amide bonds. The summed E-state index contributed by atoms with van der Waals surface area (Å²) in [6.07, 6.45) is 6.14. The summed E-state index contributed by atoms with van der Waals surface area (Å²) in [5.74, 6) is -1.08. The largest absolute Gasteiger partial charge is 0.365 e. The first-order chi connectivity index (χ1) is 7.91. The Morgan fingerprint density at radius 3 is 2.24 bits per heavy atom. The van der Waals surface area contributed by atoms with Crippen LogP contribution in [-0.2, 0) is 19.1 Å². The van der Waals surface area contributed by atoms with Gasteiger partial charge in [-0.05, 0) is 6.42 Å². The highest BCUT2D eigenvalue weighted by molar-refractivity contribution is 7.91. The van der Waals surface area contributed by atoms with Crippen LogP contribution in [0.1, 0.15) is 45.4 Å². The van der Waals surface area contributed by atoms with Crippen LogP contribution in [0, 0.1) is 0 Å². The zero-order chi connectivity index (χ0) is 13.3. The third-order valence-corrected chi connectivity index (χ3v) is 3.59. The van der Waals surface area contributed by atoms with Gasteiger partial charge in [-0.1, -0.05) is 45.6 Å². The molecule has 6 heteroatoms. The highest BCUT2D eigenvalue weighted by Crippen LogP contribution is 2.09. The Bertz CT molecular complexity index is 348. The maximum Gasteiger partial charge on any atom is 0.301 e. The van der Waals surface area contributed by atoms with Gasteiger partial charge in [0.15, 0.2) is 4.91 Å². The molecular formula is C11H21NO4S. The van der Waals surface area contributed by atoms with E-state index in [0.717, 1.165) is 19.3 Å². The van der Waals surface area contributed by atoms with E-state index in [2.05, 4.69) is 17.7 Å². The summed E-state index contributed by atoms with van der Waals surface area (Å²) in [7, 11) is -4.03. The first-order valence-electron chi connectivity index (χ1n) is 5.80. The maximum absolute atomic E-state index is 11.3. The predicted octanol–water partition coefficient (Wildman–Crippen LogP) is 1.69. The number of carbonyl (C=O) groups excluding carboxylic acids is 1. The number of amides is 1. The summed E-state index contributed by atoms with van der Waals surface area (Å²) in [5.41, 5.74) is 4.81. The van der Waals surface area contributed by atoms with Gasteiger partial charge in [0.2, 0.25) is 0 Å². The van der Waals surface area contributed by atoms with Crippen molar-refractivity contribution in [3.8, 4) is 0 Å². The van der Waals surface area contributed by atoms with Gasteiger partial charge < -0.3 is 5.73 Å². The molecule has 0 aliphatic heterocycles. The second-order valence-corrected chi connectivity index (χ2v) is 5.47. The summed E-state index contributed by atoms with van der Waals surface area (Å²) in [6, 6.07) is 0. The average Bonchev–Trinajstić information content (AvgIpc) is 2.26. The van der Waals surface area contributed by atoms with E-state index in [-0.39, 0.29) is 6.61 Å². The zero-order valence-electron chi connectivity index (χ0n) is 10.3. The monoisotopic (exact) mass is 263 g/mol. The van der Waals surface area contributed by atoms with Crippen LogP contribution in [0.25, 0.3) is 0 Å². The highest BCUT2D eigenvalue weighted by Gasteiger charge is 2.20. The van der Waals surface area contributed by atoms with Crippen LogP contribution >= 0.6 is 0 Å². The van der Waals surface area contributed by atoms with Crippen LogP contribution in [-0.4, -0.2) is 20.9 Å². The zero-order valence-corrected chi connectivity index (χ0v) is 11.1. The molecule has 0 aromatic rings. The average molecular weight is 263 g/mol. The van der Waals surface area contributed by atoms with Gasteiger partial charge in [-0.25, -0.2) is 0 Å². The molecule has 0 bridgehead atoms. The molecule has 0 aromatic heterocycles. The van der Waals surface area contributed by atoms with E-state index < -0.39 is 20.9 Å². The van der Waals surface area contributed by atoms with Gasteiger partial charge in [-0.3, -0.25) is 8.98 Å². The number of carbonyl (C=O) groups is 1. The number of hydrogen-bond acceptors (Lipinski definition) is 4. The standard InChI is InChI=1S/C11H21NO4S/c1-3-4-5-6-7-8-9-16-17(14,15)10(2)11(12)13/h2-9H2,1H3,(H2,12,13). The molecule has 0 saturated carbocycles. The SMILES string of the molecule is C=C(C(N)=O)S(=O)(=O)OCCCCCCCC. The van der Waals surface area contributed by atoms with E-state index in [1.165, 1.54) is 12.8 Å². The number of rotatable bonds is 10. The lowest BCUT2D eigenvalue weighted by Crippen LogP contribution is -2.22. The second kappa shape index (κ2) is 8.25. The molecule has 0 aliphatic carbocycles. The minimum absolute atomic E-state index is 0.0702. The van der Waals surface area contributed by atoms with Gasteiger partial charge in [0, 0.05) is 0 Å². The van der Waals surface area contributed by atoms with Crippen LogP contribution in [0.5, 0.6) is 0 Å². The normalized spacial score (nSPS) is 11.4. The Morgan fingerprint density at radius 1 is 1.18 bits per heavy atom. The molecule has 0 atom stereocenters. The summed E-state index contributed by atoms with van der Waals surface area (Å²) in [5, 5.41) is 0. The number of hydrogen-bond donors (Lipinski definition) is 1. The fourth-order valence-corrected chi connectivity index (χ4v) is 1.97. The van der Waals surface area contributed by atoms with E-state index in [0.29, 0.717) is 6.42 Å². The molecule has 0 radical (unpaired) electrons. The van der Waals surface area contributed by atoms with Gasteiger partial charge in [0.1, 0.15) is 0 Å². The molecule has 0 spiro atoms. The molecule has 17 heavy (non-hydrogen) atoms. The van der Waals surface area contributed by atoms with Crippen molar-refractivity contribution in [1.82, 2.24) is 0 Å². The van der Waals surface area contributed by atoms with E-state index in [1.54, 1.807) is 0 Å². The number of unbranched alkanes of at least 4 members (excludes halogenated alkanes) is 5. The van der Waals surface area contributed by atoms with Crippen LogP contribution in [0.4, 0.5) is 0 Å². The molecular weight excluding hydrogens is 242 g/mol. The Morgan fingerprint density at radius 2 is 1.71 bits per heavy atom. The van der Waals surface area contributed by atoms with Gasteiger partial charge in [0.25, 0.3) is 5.91 Å². The molecule has 0 fully saturated rings. The quantitative estimate of drug-likeness (QED) is 0.369. The lowest BCUT2D eigenvalue weighted by atomic mass is 10.1. The maximum atomic E-state index is 11.3. The van der Waals surface area contributed by atoms with Crippen LogP contribution < -0.4 is 5.73 Å². The molecule has 5 nitrogen and oxygen atoms in total. The summed E-state index contributed by atoms with van der Waals surface area (Å²) in [6.45, 7) is 5.28. The molecule has 0 rings (SSSR count). The van der Waals surface area contributed by atoms with Crippen LogP contribution in [0.3, 0.4) is 0 Å². The Hall–Kier alpha value is -0.880. The van der Waals surface area contributed by atoms with Crippen molar-refractivity contribution in [2.75, 3.05) is 6.61 Å². The number of primary amides is 1.